The molecule has 3 rings (SSSR count). The van der Waals surface area contributed by atoms with E-state index in [4.69, 9.17) is 16.3 Å². The number of methoxy groups -OCH3 is 1. The molecule has 4 nitrogen and oxygen atoms in total. The molecule has 1 aromatic carbocycles. The summed E-state index contributed by atoms with van der Waals surface area (Å²) in [4.78, 5) is 16.5. The summed E-state index contributed by atoms with van der Waals surface area (Å²) >= 11 is 6.16. The SMILES string of the molecule is COC1CCC(NC(=O)c2cc3ccccc3c(Cl)n2)C1. The van der Waals surface area contributed by atoms with Crippen molar-refractivity contribution in [3.05, 3.63) is 41.2 Å². The average molecular weight is 305 g/mol. The number of carbonyl (C=O) groups is 1. The van der Waals surface area contributed by atoms with Gasteiger partial charge in [0.2, 0.25) is 0 Å². The van der Waals surface area contributed by atoms with Crippen LogP contribution in [0, 0.1) is 0 Å². The molecule has 21 heavy (non-hydrogen) atoms. The summed E-state index contributed by atoms with van der Waals surface area (Å²) < 4.78 is 5.32. The zero-order valence-electron chi connectivity index (χ0n) is 11.8. The number of fused-ring (bicyclic) bond motifs is 1. The molecule has 2 unspecified atom stereocenters. The molecule has 1 fully saturated rings. The first-order valence-electron chi connectivity index (χ1n) is 7.06. The van der Waals surface area contributed by atoms with E-state index in [1.165, 1.54) is 0 Å². The van der Waals surface area contributed by atoms with Crippen LogP contribution in [0.1, 0.15) is 29.8 Å². The lowest BCUT2D eigenvalue weighted by atomic mass is 10.1. The smallest absolute Gasteiger partial charge is 0.270 e. The molecule has 1 saturated carbocycles. The van der Waals surface area contributed by atoms with Crippen LogP contribution in [0.2, 0.25) is 5.15 Å². The predicted molar refractivity (Wildman–Crippen MR) is 82.7 cm³/mol. The molecule has 1 N–H and O–H groups in total. The van der Waals surface area contributed by atoms with E-state index in [1.54, 1.807) is 13.2 Å². The van der Waals surface area contributed by atoms with Crippen LogP contribution in [0.25, 0.3) is 10.8 Å². The normalized spacial score (nSPS) is 21.6. The number of hydrogen-bond acceptors (Lipinski definition) is 3. The van der Waals surface area contributed by atoms with Crippen LogP contribution in [0.3, 0.4) is 0 Å². The Morgan fingerprint density at radius 2 is 2.19 bits per heavy atom. The van der Waals surface area contributed by atoms with Crippen LogP contribution in [0.5, 0.6) is 0 Å². The van der Waals surface area contributed by atoms with E-state index in [2.05, 4.69) is 10.3 Å². The van der Waals surface area contributed by atoms with Crippen LogP contribution in [-0.2, 0) is 4.74 Å². The van der Waals surface area contributed by atoms with Crippen LogP contribution >= 0.6 is 11.6 Å². The first kappa shape index (κ1) is 14.3. The van der Waals surface area contributed by atoms with E-state index in [0.717, 1.165) is 30.0 Å². The number of ether oxygens (including phenoxy) is 1. The molecular formula is C16H17ClN2O2. The number of aromatic nitrogens is 1. The Hall–Kier alpha value is -1.65. The highest BCUT2D eigenvalue weighted by molar-refractivity contribution is 6.34. The second-order valence-electron chi connectivity index (χ2n) is 5.36. The minimum absolute atomic E-state index is 0.148. The van der Waals surface area contributed by atoms with E-state index in [0.29, 0.717) is 10.8 Å². The summed E-state index contributed by atoms with van der Waals surface area (Å²) in [6, 6.07) is 9.57. The first-order chi connectivity index (χ1) is 10.2. The van der Waals surface area contributed by atoms with Crippen LogP contribution in [-0.4, -0.2) is 30.1 Å². The molecule has 1 amide bonds. The molecule has 1 aliphatic carbocycles. The molecule has 0 aliphatic heterocycles. The Labute approximate surface area is 128 Å². The van der Waals surface area contributed by atoms with Crippen LogP contribution in [0.4, 0.5) is 0 Å². The summed E-state index contributed by atoms with van der Waals surface area (Å²) in [5, 5.41) is 5.15. The van der Waals surface area contributed by atoms with E-state index < -0.39 is 0 Å². The fourth-order valence-corrected chi connectivity index (χ4v) is 3.08. The number of benzene rings is 1. The van der Waals surface area contributed by atoms with Crippen molar-refractivity contribution in [2.45, 2.75) is 31.4 Å². The number of nitrogens with one attached hydrogen (secondary N) is 1. The molecular weight excluding hydrogens is 288 g/mol. The van der Waals surface area contributed by atoms with Gasteiger partial charge in [-0.05, 0) is 30.7 Å². The van der Waals surface area contributed by atoms with Crippen molar-refractivity contribution in [1.29, 1.82) is 0 Å². The van der Waals surface area contributed by atoms with Gasteiger partial charge in [0.15, 0.2) is 0 Å². The number of hydrogen-bond donors (Lipinski definition) is 1. The van der Waals surface area contributed by atoms with E-state index in [1.807, 2.05) is 24.3 Å². The lowest BCUT2D eigenvalue weighted by Crippen LogP contribution is -2.33. The molecule has 0 bridgehead atoms. The van der Waals surface area contributed by atoms with Crippen molar-refractivity contribution in [3.8, 4) is 0 Å². The van der Waals surface area contributed by atoms with Crippen molar-refractivity contribution < 1.29 is 9.53 Å². The van der Waals surface area contributed by atoms with Crippen molar-refractivity contribution in [2.75, 3.05) is 7.11 Å². The van der Waals surface area contributed by atoms with Crippen molar-refractivity contribution in [2.24, 2.45) is 0 Å². The molecule has 2 aromatic rings. The van der Waals surface area contributed by atoms with Crippen LogP contribution < -0.4 is 5.32 Å². The maximum Gasteiger partial charge on any atom is 0.270 e. The zero-order valence-corrected chi connectivity index (χ0v) is 12.6. The fraction of sp³-hybridized carbons (Fsp3) is 0.375. The number of rotatable bonds is 3. The largest absolute Gasteiger partial charge is 0.381 e. The van der Waals surface area contributed by atoms with Crippen molar-refractivity contribution in [1.82, 2.24) is 10.3 Å². The third-order valence-corrected chi connectivity index (χ3v) is 4.27. The third kappa shape index (κ3) is 3.01. The standard InChI is InChI=1S/C16H17ClN2O2/c1-21-12-7-6-11(9-12)18-16(20)14-8-10-4-2-3-5-13(10)15(17)19-14/h2-5,8,11-12H,6-7,9H2,1H3,(H,18,20). The molecule has 0 radical (unpaired) electrons. The van der Waals surface area contributed by atoms with Gasteiger partial charge in [-0.15, -0.1) is 0 Å². The van der Waals surface area contributed by atoms with E-state index >= 15 is 0 Å². The van der Waals surface area contributed by atoms with Crippen molar-refractivity contribution in [3.63, 3.8) is 0 Å². The summed E-state index contributed by atoms with van der Waals surface area (Å²) in [7, 11) is 1.71. The van der Waals surface area contributed by atoms with Crippen LogP contribution in [0.15, 0.2) is 30.3 Å². The number of halogens is 1. The molecule has 5 heteroatoms. The van der Waals surface area contributed by atoms with Gasteiger partial charge in [-0.2, -0.15) is 0 Å². The molecule has 0 spiro atoms. The highest BCUT2D eigenvalue weighted by Crippen LogP contribution is 2.24. The topological polar surface area (TPSA) is 51.2 Å². The molecule has 1 aliphatic rings. The van der Waals surface area contributed by atoms with Gasteiger partial charge in [0.1, 0.15) is 10.8 Å². The molecule has 2 atom stereocenters. The molecule has 1 heterocycles. The Bertz CT molecular complexity index is 674. The van der Waals surface area contributed by atoms with Gasteiger partial charge in [-0.3, -0.25) is 4.79 Å². The minimum atomic E-state index is -0.176. The van der Waals surface area contributed by atoms with E-state index in [-0.39, 0.29) is 18.1 Å². The number of nitrogens with zero attached hydrogens (tertiary/aromatic N) is 1. The Balaban J connectivity index is 1.79. The zero-order chi connectivity index (χ0) is 14.8. The van der Waals surface area contributed by atoms with Gasteiger partial charge in [0, 0.05) is 18.5 Å². The average Bonchev–Trinajstić information content (AvgIpc) is 2.95. The van der Waals surface area contributed by atoms with Crippen molar-refractivity contribution >= 4 is 28.3 Å². The van der Waals surface area contributed by atoms with E-state index in [9.17, 15) is 4.79 Å². The molecule has 1 aromatic heterocycles. The number of pyridine rings is 1. The minimum Gasteiger partial charge on any atom is -0.381 e. The highest BCUT2D eigenvalue weighted by Gasteiger charge is 2.26. The number of amides is 1. The summed E-state index contributed by atoms with van der Waals surface area (Å²) in [6.45, 7) is 0. The Morgan fingerprint density at radius 1 is 1.38 bits per heavy atom. The van der Waals surface area contributed by atoms with Gasteiger partial charge in [0.05, 0.1) is 6.10 Å². The maximum atomic E-state index is 12.3. The third-order valence-electron chi connectivity index (χ3n) is 3.98. The summed E-state index contributed by atoms with van der Waals surface area (Å²) in [5.41, 5.74) is 0.361. The summed E-state index contributed by atoms with van der Waals surface area (Å²) in [6.07, 6.45) is 3.01. The molecule has 0 saturated heterocycles. The van der Waals surface area contributed by atoms with Gasteiger partial charge in [0.25, 0.3) is 5.91 Å². The maximum absolute atomic E-state index is 12.3. The van der Waals surface area contributed by atoms with Gasteiger partial charge in [-0.25, -0.2) is 4.98 Å². The van der Waals surface area contributed by atoms with Gasteiger partial charge in [-0.1, -0.05) is 35.9 Å². The number of carbonyl (C=O) groups excluding carboxylic acids is 1. The quantitative estimate of drug-likeness (QED) is 0.886. The lowest BCUT2D eigenvalue weighted by Gasteiger charge is -2.13. The summed E-state index contributed by atoms with van der Waals surface area (Å²) in [5.74, 6) is -0.176. The first-order valence-corrected chi connectivity index (χ1v) is 7.44. The lowest BCUT2D eigenvalue weighted by molar-refractivity contribution is 0.0910. The second-order valence-corrected chi connectivity index (χ2v) is 5.72. The predicted octanol–water partition coefficient (Wildman–Crippen LogP) is 3.19. The Kier molecular flexibility index (Phi) is 4.08. The van der Waals surface area contributed by atoms with Gasteiger partial charge >= 0.3 is 0 Å². The molecule has 110 valence electrons. The monoisotopic (exact) mass is 304 g/mol. The fourth-order valence-electron chi connectivity index (χ4n) is 2.82. The highest BCUT2D eigenvalue weighted by atomic mass is 35.5. The second kappa shape index (κ2) is 6.00. The van der Waals surface area contributed by atoms with Gasteiger partial charge < -0.3 is 10.1 Å². The Morgan fingerprint density at radius 3 is 2.95 bits per heavy atom.